The lowest BCUT2D eigenvalue weighted by Crippen LogP contribution is -2.27. The molecule has 0 spiro atoms. The molecular formula is C16H18BrNO. The molecule has 1 aliphatic carbocycles. The summed E-state index contributed by atoms with van der Waals surface area (Å²) in [5, 5.41) is 6.13. The smallest absolute Gasteiger partial charge is 0.0666 e. The van der Waals surface area contributed by atoms with Crippen molar-refractivity contribution < 1.29 is 4.74 Å². The Bertz CT molecular complexity index is 580. The second-order valence-electron chi connectivity index (χ2n) is 5.25. The lowest BCUT2D eigenvalue weighted by molar-refractivity contribution is 0.179. The molecule has 0 radical (unpaired) electrons. The van der Waals surface area contributed by atoms with E-state index in [2.05, 4.69) is 57.6 Å². The van der Waals surface area contributed by atoms with Crippen LogP contribution < -0.4 is 5.32 Å². The SMILES string of the molecule is COCC(Nc1ccc2cc(Br)ccc2c1)C1CC1. The fraction of sp³-hybridized carbons (Fsp3) is 0.375. The van der Waals surface area contributed by atoms with Crippen LogP contribution >= 0.6 is 15.9 Å². The quantitative estimate of drug-likeness (QED) is 0.879. The highest BCUT2D eigenvalue weighted by Gasteiger charge is 2.31. The first-order valence-corrected chi connectivity index (χ1v) is 7.50. The minimum atomic E-state index is 0.442. The summed E-state index contributed by atoms with van der Waals surface area (Å²) in [4.78, 5) is 0. The second-order valence-corrected chi connectivity index (χ2v) is 6.17. The maximum Gasteiger partial charge on any atom is 0.0666 e. The highest BCUT2D eigenvalue weighted by Crippen LogP contribution is 2.34. The Balaban J connectivity index is 1.82. The van der Waals surface area contributed by atoms with Gasteiger partial charge in [-0.3, -0.25) is 0 Å². The first-order valence-electron chi connectivity index (χ1n) is 6.71. The number of hydrogen-bond donors (Lipinski definition) is 1. The van der Waals surface area contributed by atoms with Gasteiger partial charge < -0.3 is 10.1 Å². The average molecular weight is 320 g/mol. The van der Waals surface area contributed by atoms with Crippen molar-refractivity contribution >= 4 is 32.4 Å². The molecule has 0 aliphatic heterocycles. The van der Waals surface area contributed by atoms with Crippen LogP contribution in [0.5, 0.6) is 0 Å². The van der Waals surface area contributed by atoms with E-state index in [9.17, 15) is 0 Å². The van der Waals surface area contributed by atoms with Crippen molar-refractivity contribution in [2.24, 2.45) is 5.92 Å². The monoisotopic (exact) mass is 319 g/mol. The molecule has 1 unspecified atom stereocenters. The van der Waals surface area contributed by atoms with Crippen molar-refractivity contribution in [3.05, 3.63) is 40.9 Å². The summed E-state index contributed by atoms with van der Waals surface area (Å²) in [6, 6.07) is 13.4. The van der Waals surface area contributed by atoms with Gasteiger partial charge in [-0.2, -0.15) is 0 Å². The fourth-order valence-corrected chi connectivity index (χ4v) is 2.87. The predicted octanol–water partition coefficient (Wildman–Crippen LogP) is 4.44. The zero-order valence-electron chi connectivity index (χ0n) is 11.0. The zero-order valence-corrected chi connectivity index (χ0v) is 12.6. The third kappa shape index (κ3) is 3.10. The van der Waals surface area contributed by atoms with Crippen LogP contribution in [0.2, 0.25) is 0 Å². The predicted molar refractivity (Wildman–Crippen MR) is 83.7 cm³/mol. The number of benzene rings is 2. The molecule has 1 fully saturated rings. The van der Waals surface area contributed by atoms with E-state index in [0.717, 1.165) is 17.0 Å². The van der Waals surface area contributed by atoms with Gasteiger partial charge in [0.15, 0.2) is 0 Å². The number of methoxy groups -OCH3 is 1. The number of ether oxygens (including phenoxy) is 1. The summed E-state index contributed by atoms with van der Waals surface area (Å²) in [6.45, 7) is 0.781. The molecule has 1 saturated carbocycles. The minimum Gasteiger partial charge on any atom is -0.383 e. The average Bonchev–Trinajstić information content (AvgIpc) is 3.23. The molecule has 19 heavy (non-hydrogen) atoms. The first kappa shape index (κ1) is 12.9. The zero-order chi connectivity index (χ0) is 13.2. The highest BCUT2D eigenvalue weighted by molar-refractivity contribution is 9.10. The number of halogens is 1. The van der Waals surface area contributed by atoms with Gasteiger partial charge in [-0.15, -0.1) is 0 Å². The molecule has 2 aromatic rings. The summed E-state index contributed by atoms with van der Waals surface area (Å²) in [6.07, 6.45) is 2.64. The van der Waals surface area contributed by atoms with Crippen molar-refractivity contribution in [2.75, 3.05) is 19.0 Å². The van der Waals surface area contributed by atoms with Crippen molar-refractivity contribution in [3.63, 3.8) is 0 Å². The Morgan fingerprint density at radius 2 is 1.95 bits per heavy atom. The molecule has 3 heteroatoms. The maximum absolute atomic E-state index is 5.31. The van der Waals surface area contributed by atoms with Crippen LogP contribution in [0.25, 0.3) is 10.8 Å². The van der Waals surface area contributed by atoms with Gasteiger partial charge in [0.1, 0.15) is 0 Å². The number of rotatable bonds is 5. The van der Waals surface area contributed by atoms with Gasteiger partial charge >= 0.3 is 0 Å². The van der Waals surface area contributed by atoms with Crippen molar-refractivity contribution in [1.82, 2.24) is 0 Å². The van der Waals surface area contributed by atoms with E-state index in [1.165, 1.54) is 29.3 Å². The molecule has 1 atom stereocenters. The van der Waals surface area contributed by atoms with Crippen LogP contribution in [0.1, 0.15) is 12.8 Å². The molecule has 2 nitrogen and oxygen atoms in total. The minimum absolute atomic E-state index is 0.442. The topological polar surface area (TPSA) is 21.3 Å². The molecule has 0 heterocycles. The van der Waals surface area contributed by atoms with Gasteiger partial charge in [0.05, 0.1) is 12.6 Å². The number of hydrogen-bond acceptors (Lipinski definition) is 2. The third-order valence-corrected chi connectivity index (χ3v) is 4.18. The second kappa shape index (κ2) is 5.51. The molecule has 0 bridgehead atoms. The van der Waals surface area contributed by atoms with Gasteiger partial charge in [-0.25, -0.2) is 0 Å². The van der Waals surface area contributed by atoms with E-state index in [1.54, 1.807) is 7.11 Å². The summed E-state index contributed by atoms with van der Waals surface area (Å²) in [7, 11) is 1.77. The summed E-state index contributed by atoms with van der Waals surface area (Å²) in [5.41, 5.74) is 1.18. The Morgan fingerprint density at radius 1 is 1.21 bits per heavy atom. The molecule has 100 valence electrons. The van der Waals surface area contributed by atoms with E-state index in [4.69, 9.17) is 4.74 Å². The van der Waals surface area contributed by atoms with Gasteiger partial charge in [0, 0.05) is 17.3 Å². The van der Waals surface area contributed by atoms with E-state index in [-0.39, 0.29) is 0 Å². The lowest BCUT2D eigenvalue weighted by Gasteiger charge is -2.19. The van der Waals surface area contributed by atoms with Gasteiger partial charge in [-0.05, 0) is 53.8 Å². The normalized spacial score (nSPS) is 16.5. The van der Waals surface area contributed by atoms with Crippen LogP contribution in [0.15, 0.2) is 40.9 Å². The standard InChI is InChI=1S/C16H18BrNO/c1-19-10-16(11-2-3-11)18-15-7-5-12-8-14(17)6-4-13(12)9-15/h4-9,11,16,18H,2-3,10H2,1H3. The molecule has 1 N–H and O–H groups in total. The van der Waals surface area contributed by atoms with Gasteiger partial charge in [-0.1, -0.05) is 28.1 Å². The van der Waals surface area contributed by atoms with Gasteiger partial charge in [0.25, 0.3) is 0 Å². The Labute approximate surface area is 122 Å². The Kier molecular flexibility index (Phi) is 3.76. The van der Waals surface area contributed by atoms with Gasteiger partial charge in [0.2, 0.25) is 0 Å². The molecule has 0 amide bonds. The molecule has 2 aromatic carbocycles. The van der Waals surface area contributed by atoms with Crippen LogP contribution in [-0.4, -0.2) is 19.8 Å². The van der Waals surface area contributed by atoms with E-state index >= 15 is 0 Å². The largest absolute Gasteiger partial charge is 0.383 e. The van der Waals surface area contributed by atoms with Crippen molar-refractivity contribution in [1.29, 1.82) is 0 Å². The molecule has 3 rings (SSSR count). The molecule has 0 aromatic heterocycles. The summed E-state index contributed by atoms with van der Waals surface area (Å²) >= 11 is 3.51. The lowest BCUT2D eigenvalue weighted by atomic mass is 10.1. The highest BCUT2D eigenvalue weighted by atomic mass is 79.9. The number of nitrogens with one attached hydrogen (secondary N) is 1. The first-order chi connectivity index (χ1) is 9.26. The summed E-state index contributed by atoms with van der Waals surface area (Å²) < 4.78 is 6.43. The molecular weight excluding hydrogens is 302 g/mol. The van der Waals surface area contributed by atoms with Crippen molar-refractivity contribution in [3.8, 4) is 0 Å². The Morgan fingerprint density at radius 3 is 2.68 bits per heavy atom. The van der Waals surface area contributed by atoms with Crippen LogP contribution in [0.3, 0.4) is 0 Å². The van der Waals surface area contributed by atoms with E-state index < -0.39 is 0 Å². The number of fused-ring (bicyclic) bond motifs is 1. The molecule has 0 saturated heterocycles. The fourth-order valence-electron chi connectivity index (χ4n) is 2.49. The molecule has 1 aliphatic rings. The van der Waals surface area contributed by atoms with Crippen LogP contribution in [0.4, 0.5) is 5.69 Å². The Hall–Kier alpha value is -1.06. The number of anilines is 1. The van der Waals surface area contributed by atoms with Crippen LogP contribution in [0, 0.1) is 5.92 Å². The maximum atomic E-state index is 5.31. The van der Waals surface area contributed by atoms with Crippen molar-refractivity contribution in [2.45, 2.75) is 18.9 Å². The van der Waals surface area contributed by atoms with E-state index in [1.807, 2.05) is 0 Å². The van der Waals surface area contributed by atoms with Crippen LogP contribution in [-0.2, 0) is 4.74 Å². The third-order valence-electron chi connectivity index (χ3n) is 3.69. The van der Waals surface area contributed by atoms with E-state index in [0.29, 0.717) is 6.04 Å². The summed E-state index contributed by atoms with van der Waals surface area (Å²) in [5.74, 6) is 0.778.